The van der Waals surface area contributed by atoms with Crippen LogP contribution in [0.5, 0.6) is 0 Å². The van der Waals surface area contributed by atoms with E-state index in [2.05, 4.69) is 4.98 Å². The van der Waals surface area contributed by atoms with Gasteiger partial charge in [-0.3, -0.25) is 0 Å². The molecule has 0 bridgehead atoms. The maximum Gasteiger partial charge on any atom is 0.417 e. The maximum atomic E-state index is 11.1. The molecule has 0 saturated carbocycles. The van der Waals surface area contributed by atoms with Gasteiger partial charge in [0, 0.05) is 0 Å². The van der Waals surface area contributed by atoms with Crippen molar-refractivity contribution in [2.24, 2.45) is 0 Å². The third kappa shape index (κ3) is 6.73. The van der Waals surface area contributed by atoms with Gasteiger partial charge in [0.25, 0.3) is 0 Å². The van der Waals surface area contributed by atoms with Crippen molar-refractivity contribution >= 4 is 0 Å². The molecule has 2 nitrogen and oxygen atoms in total. The molecule has 0 saturated heterocycles. The summed E-state index contributed by atoms with van der Waals surface area (Å²) in [7, 11) is 0. The second-order valence-electron chi connectivity index (χ2n) is 1.10. The smallest absolute Gasteiger partial charge is 0.166 e. The van der Waals surface area contributed by atoms with Gasteiger partial charge in [0.2, 0.25) is 5.39 Å². The average molecular weight is 135 g/mol. The monoisotopic (exact) mass is 135 g/mol. The van der Waals surface area contributed by atoms with E-state index in [-0.39, 0.29) is 6.08 Å². The van der Waals surface area contributed by atoms with Crippen LogP contribution in [0.2, 0.25) is 0 Å². The zero-order chi connectivity index (χ0) is 7.33. The van der Waals surface area contributed by atoms with Crippen molar-refractivity contribution in [1.82, 2.24) is 0 Å². The summed E-state index contributed by atoms with van der Waals surface area (Å²) >= 11 is 0. The van der Waals surface area contributed by atoms with Gasteiger partial charge in [-0.1, -0.05) is 0 Å². The van der Waals surface area contributed by atoms with Gasteiger partial charge < -0.3 is 0 Å². The van der Waals surface area contributed by atoms with E-state index < -0.39 is 6.18 Å². The molecule has 5 heteroatoms. The Morgan fingerprint density at radius 2 is 2.00 bits per heavy atom. The Bertz CT molecular complexity index is 179. The van der Waals surface area contributed by atoms with Crippen LogP contribution in [0, 0.1) is 5.39 Å². The lowest BCUT2D eigenvalue weighted by Gasteiger charge is -1.91. The molecule has 0 spiro atoms. The van der Waals surface area contributed by atoms with Gasteiger partial charge in [0.1, 0.15) is 0 Å². The van der Waals surface area contributed by atoms with Crippen molar-refractivity contribution in [2.75, 3.05) is 0 Å². The summed E-state index contributed by atoms with van der Waals surface area (Å²) in [6.45, 7) is 0. The van der Waals surface area contributed by atoms with Crippen LogP contribution in [0.3, 0.4) is 0 Å². The Kier molecular flexibility index (Phi) is 2.49. The van der Waals surface area contributed by atoms with Gasteiger partial charge in [-0.05, 0) is 5.73 Å². The summed E-state index contributed by atoms with van der Waals surface area (Å²) in [5.74, 6) is 0. The van der Waals surface area contributed by atoms with Gasteiger partial charge in [-0.25, -0.2) is 0 Å². The molecule has 0 rings (SSSR count). The van der Waals surface area contributed by atoms with Crippen LogP contribution in [0.25, 0.3) is 4.98 Å². The zero-order valence-electron chi connectivity index (χ0n) is 4.18. The number of alkyl halides is 3. The molecule has 0 aromatic rings. The number of allylic oxidation sites excluding steroid dienone is 1. The second-order valence-corrected chi connectivity index (χ2v) is 1.10. The fourth-order valence-corrected chi connectivity index (χ4v) is 0.165. The first-order chi connectivity index (χ1) is 4.06. The predicted octanol–water partition coefficient (Wildman–Crippen LogP) is 2.07. The van der Waals surface area contributed by atoms with E-state index in [1.54, 1.807) is 5.73 Å². The van der Waals surface area contributed by atoms with Crippen molar-refractivity contribution in [1.29, 1.82) is 5.39 Å². The largest absolute Gasteiger partial charge is 0.417 e. The summed E-state index contributed by atoms with van der Waals surface area (Å²) in [5.41, 5.74) is 1.58. The molecule has 0 unspecified atom stereocenters. The fourth-order valence-electron chi connectivity index (χ4n) is 0.165. The van der Waals surface area contributed by atoms with E-state index in [0.717, 1.165) is 0 Å². The minimum absolute atomic E-state index is 0.160. The van der Waals surface area contributed by atoms with Gasteiger partial charge in [-0.15, -0.1) is 0 Å². The molecule has 0 fully saturated rings. The molecule has 0 aliphatic carbocycles. The van der Waals surface area contributed by atoms with Crippen molar-refractivity contribution in [3.8, 4) is 0 Å². The number of nitrogens with zero attached hydrogens (tertiary/aromatic N) is 2. The van der Waals surface area contributed by atoms with Crippen LogP contribution in [0.15, 0.2) is 18.0 Å². The highest BCUT2D eigenvalue weighted by molar-refractivity contribution is 4.93. The molecule has 9 heavy (non-hydrogen) atoms. The molecule has 0 radical (unpaired) electrons. The quantitative estimate of drug-likeness (QED) is 0.369. The Hall–Kier alpha value is -1.27. The van der Waals surface area contributed by atoms with Crippen molar-refractivity contribution in [2.45, 2.75) is 6.18 Å². The van der Waals surface area contributed by atoms with Crippen LogP contribution in [-0.2, 0) is 0 Å². The minimum atomic E-state index is -4.39. The third-order valence-corrected chi connectivity index (χ3v) is 0.379. The third-order valence-electron chi connectivity index (χ3n) is 0.379. The van der Waals surface area contributed by atoms with E-state index in [1.165, 1.54) is 0 Å². The topological polar surface area (TPSA) is 28.1 Å². The van der Waals surface area contributed by atoms with E-state index in [4.69, 9.17) is 5.39 Å². The molecular weight excluding hydrogens is 133 g/mol. The number of hydrogen-bond acceptors (Lipinski definition) is 1. The molecule has 0 aliphatic rings. The van der Waals surface area contributed by atoms with Crippen LogP contribution in [0.4, 0.5) is 13.2 Å². The lowest BCUT2D eigenvalue weighted by Crippen LogP contribution is -1.99. The Labute approximate surface area is 48.9 Å². The van der Waals surface area contributed by atoms with Gasteiger partial charge in [0.15, 0.2) is 4.98 Å². The molecule has 0 aromatic heterocycles. The minimum Gasteiger partial charge on any atom is -0.166 e. The molecule has 0 atom stereocenters. The Morgan fingerprint density at radius 3 is 2.33 bits per heavy atom. The van der Waals surface area contributed by atoms with E-state index in [0.29, 0.717) is 6.20 Å². The number of hydrogen-bond donors (Lipinski definition) is 0. The highest BCUT2D eigenvalue weighted by Gasteiger charge is 2.21. The summed E-state index contributed by atoms with van der Waals surface area (Å²) in [5, 5.41) is 7.58. The van der Waals surface area contributed by atoms with Crippen LogP contribution >= 0.6 is 0 Å². The maximum absolute atomic E-state index is 11.1. The first-order valence-electron chi connectivity index (χ1n) is 1.89. The molecule has 0 amide bonds. The van der Waals surface area contributed by atoms with Crippen molar-refractivity contribution in [3.63, 3.8) is 0 Å². The summed E-state index contributed by atoms with van der Waals surface area (Å²) in [4.78, 5) is 2.27. The molecule has 0 aromatic carbocycles. The highest BCUT2D eigenvalue weighted by atomic mass is 19.4. The van der Waals surface area contributed by atoms with Crippen molar-refractivity contribution in [3.05, 3.63) is 23.0 Å². The Morgan fingerprint density at radius 1 is 1.44 bits per heavy atom. The average Bonchev–Trinajstić information content (AvgIpc) is 1.63. The summed E-state index contributed by atoms with van der Waals surface area (Å²) in [6, 6.07) is 0. The lowest BCUT2D eigenvalue weighted by atomic mass is 10.6. The predicted molar refractivity (Wildman–Crippen MR) is 23.8 cm³/mol. The van der Waals surface area contributed by atoms with Crippen LogP contribution < -0.4 is 0 Å². The van der Waals surface area contributed by atoms with Crippen molar-refractivity contribution < 1.29 is 13.2 Å². The number of diazo groups is 1. The van der Waals surface area contributed by atoms with E-state index >= 15 is 0 Å². The molecule has 0 heterocycles. The molecule has 0 aliphatic heterocycles. The first kappa shape index (κ1) is 7.73. The van der Waals surface area contributed by atoms with Gasteiger partial charge >= 0.3 is 12.4 Å². The number of rotatable bonds is 0. The molecule has 0 N–H and O–H groups in total. The van der Waals surface area contributed by atoms with Crippen LogP contribution in [0.1, 0.15) is 0 Å². The fraction of sp³-hybridized carbons (Fsp3) is 0.250. The second kappa shape index (κ2) is 2.90. The van der Waals surface area contributed by atoms with E-state index in [9.17, 15) is 13.2 Å². The first-order valence-corrected chi connectivity index (χ1v) is 1.89. The Balaban J connectivity index is 4.04. The number of halogens is 3. The lowest BCUT2D eigenvalue weighted by molar-refractivity contribution is -0.0796. The highest BCUT2D eigenvalue weighted by Crippen LogP contribution is 2.14. The SMILES string of the molecule is N#[N+]C=C=CC(F)(F)F. The summed E-state index contributed by atoms with van der Waals surface area (Å²) in [6.07, 6.45) is -4.04. The standard InChI is InChI=1S/C4H2F3N2/c5-4(6,7)2-1-3-9-8/h2-3H/q+1. The van der Waals surface area contributed by atoms with Crippen LogP contribution in [-0.4, -0.2) is 6.18 Å². The molecule has 48 valence electrons. The normalized spacial score (nSPS) is 9.11. The zero-order valence-corrected chi connectivity index (χ0v) is 4.18. The molecular formula is C4H2F3N2+. The van der Waals surface area contributed by atoms with E-state index in [1.807, 2.05) is 0 Å². The van der Waals surface area contributed by atoms with Gasteiger partial charge in [0.05, 0.1) is 6.08 Å². The summed E-state index contributed by atoms with van der Waals surface area (Å²) < 4.78 is 33.4. The van der Waals surface area contributed by atoms with Gasteiger partial charge in [-0.2, -0.15) is 13.2 Å².